The third kappa shape index (κ3) is 3.22. The van der Waals surface area contributed by atoms with Crippen molar-refractivity contribution in [2.45, 2.75) is 13.3 Å². The van der Waals surface area contributed by atoms with E-state index in [1.54, 1.807) is 0 Å². The van der Waals surface area contributed by atoms with Crippen molar-refractivity contribution in [3.05, 3.63) is 22.3 Å². The Morgan fingerprint density at radius 1 is 1.33 bits per heavy atom. The van der Waals surface area contributed by atoms with Crippen molar-refractivity contribution < 1.29 is 5.11 Å². The Bertz CT molecular complexity index is 400. The third-order valence-corrected chi connectivity index (χ3v) is 4.35. The minimum Gasteiger partial charge on any atom is -0.395 e. The summed E-state index contributed by atoms with van der Waals surface area (Å²) in [4.78, 5) is 9.12. The Kier molecular flexibility index (Phi) is 4.97. The molecular weight excluding hydrogens is 294 g/mol. The highest BCUT2D eigenvalue weighted by molar-refractivity contribution is 9.10. The lowest BCUT2D eigenvalue weighted by Crippen LogP contribution is -2.32. The van der Waals surface area contributed by atoms with Gasteiger partial charge in [0, 0.05) is 32.4 Å². The number of pyridine rings is 1. The molecule has 1 aromatic rings. The molecule has 0 aliphatic carbocycles. The molecule has 0 aromatic carbocycles. The van der Waals surface area contributed by atoms with Crippen LogP contribution in [0.2, 0.25) is 0 Å². The fourth-order valence-corrected chi connectivity index (χ4v) is 2.78. The van der Waals surface area contributed by atoms with Crippen molar-refractivity contribution in [1.29, 1.82) is 0 Å². The molecule has 18 heavy (non-hydrogen) atoms. The summed E-state index contributed by atoms with van der Waals surface area (Å²) in [5.74, 6) is 1.04. The molecule has 100 valence electrons. The molecule has 1 aromatic heterocycles. The van der Waals surface area contributed by atoms with Crippen LogP contribution in [0.4, 0.5) is 5.82 Å². The number of aryl methyl sites for hydroxylation is 1. The number of nitrogens with zero attached hydrogens (tertiary/aromatic N) is 3. The van der Waals surface area contributed by atoms with Crippen LogP contribution in [0.15, 0.2) is 16.7 Å². The molecule has 1 N–H and O–H groups in total. The topological polar surface area (TPSA) is 39.6 Å². The molecule has 0 spiro atoms. The van der Waals surface area contributed by atoms with Gasteiger partial charge in [-0.05, 0) is 47.4 Å². The van der Waals surface area contributed by atoms with Gasteiger partial charge in [-0.25, -0.2) is 4.98 Å². The van der Waals surface area contributed by atoms with E-state index in [1.807, 2.05) is 12.3 Å². The average molecular weight is 314 g/mol. The van der Waals surface area contributed by atoms with E-state index >= 15 is 0 Å². The standard InChI is InChI=1S/C13H20BrN3O/c1-11-3-4-15-13(12(11)14)17-6-2-5-16(7-8-17)9-10-18/h3-4,18H,2,5-10H2,1H3. The van der Waals surface area contributed by atoms with Crippen LogP contribution in [0.25, 0.3) is 0 Å². The van der Waals surface area contributed by atoms with Gasteiger partial charge in [-0.2, -0.15) is 0 Å². The van der Waals surface area contributed by atoms with Gasteiger partial charge in [0.1, 0.15) is 5.82 Å². The molecule has 5 heteroatoms. The molecule has 0 radical (unpaired) electrons. The van der Waals surface area contributed by atoms with E-state index in [-0.39, 0.29) is 6.61 Å². The van der Waals surface area contributed by atoms with Crippen LogP contribution in [0.3, 0.4) is 0 Å². The number of rotatable bonds is 3. The summed E-state index contributed by atoms with van der Waals surface area (Å²) in [6.07, 6.45) is 2.98. The molecule has 0 saturated carbocycles. The second kappa shape index (κ2) is 6.50. The lowest BCUT2D eigenvalue weighted by molar-refractivity contribution is 0.204. The largest absolute Gasteiger partial charge is 0.395 e. The summed E-state index contributed by atoms with van der Waals surface area (Å²) in [5, 5.41) is 9.00. The fourth-order valence-electron chi connectivity index (χ4n) is 2.29. The number of aromatic nitrogens is 1. The van der Waals surface area contributed by atoms with E-state index in [2.05, 4.69) is 37.6 Å². The predicted octanol–water partition coefficient (Wildman–Crippen LogP) is 1.66. The highest BCUT2D eigenvalue weighted by Crippen LogP contribution is 2.27. The van der Waals surface area contributed by atoms with Gasteiger partial charge < -0.3 is 10.0 Å². The molecule has 1 aliphatic rings. The smallest absolute Gasteiger partial charge is 0.143 e. The Hall–Kier alpha value is -0.650. The van der Waals surface area contributed by atoms with Gasteiger partial charge >= 0.3 is 0 Å². The van der Waals surface area contributed by atoms with Gasteiger partial charge in [0.15, 0.2) is 0 Å². The van der Waals surface area contributed by atoms with E-state index < -0.39 is 0 Å². The van der Waals surface area contributed by atoms with Crippen LogP contribution in [0.5, 0.6) is 0 Å². The van der Waals surface area contributed by atoms with Crippen molar-refractivity contribution in [2.24, 2.45) is 0 Å². The number of hydrogen-bond donors (Lipinski definition) is 1. The number of anilines is 1. The molecule has 0 atom stereocenters. The minimum atomic E-state index is 0.242. The zero-order valence-corrected chi connectivity index (χ0v) is 12.4. The number of hydrogen-bond acceptors (Lipinski definition) is 4. The Labute approximate surface area is 117 Å². The first-order valence-corrected chi connectivity index (χ1v) is 7.21. The lowest BCUT2D eigenvalue weighted by Gasteiger charge is -2.23. The van der Waals surface area contributed by atoms with E-state index in [0.29, 0.717) is 0 Å². The Morgan fingerprint density at radius 3 is 2.94 bits per heavy atom. The molecule has 1 saturated heterocycles. The summed E-state index contributed by atoms with van der Waals surface area (Å²) in [7, 11) is 0. The van der Waals surface area contributed by atoms with E-state index in [4.69, 9.17) is 5.11 Å². The van der Waals surface area contributed by atoms with Crippen molar-refractivity contribution in [3.8, 4) is 0 Å². The number of halogens is 1. The summed E-state index contributed by atoms with van der Waals surface area (Å²) in [6.45, 7) is 7.14. The van der Waals surface area contributed by atoms with Gasteiger partial charge in [-0.15, -0.1) is 0 Å². The highest BCUT2D eigenvalue weighted by Gasteiger charge is 2.17. The number of aliphatic hydroxyl groups is 1. The molecule has 2 heterocycles. The second-order valence-electron chi connectivity index (χ2n) is 4.67. The predicted molar refractivity (Wildman–Crippen MR) is 77.0 cm³/mol. The molecule has 0 amide bonds. The zero-order valence-electron chi connectivity index (χ0n) is 10.8. The maximum Gasteiger partial charge on any atom is 0.143 e. The number of β-amino-alcohol motifs (C(OH)–C–C–N with tert-alkyl or cyclic N) is 1. The van der Waals surface area contributed by atoms with Crippen molar-refractivity contribution >= 4 is 21.7 Å². The normalized spacial score (nSPS) is 17.8. The summed E-state index contributed by atoms with van der Waals surface area (Å²) in [5.41, 5.74) is 1.22. The van der Waals surface area contributed by atoms with Crippen LogP contribution < -0.4 is 4.90 Å². The van der Waals surface area contributed by atoms with E-state index in [9.17, 15) is 0 Å². The first-order valence-electron chi connectivity index (χ1n) is 6.41. The van der Waals surface area contributed by atoms with E-state index in [1.165, 1.54) is 5.56 Å². The van der Waals surface area contributed by atoms with Crippen LogP contribution >= 0.6 is 15.9 Å². The van der Waals surface area contributed by atoms with Gasteiger partial charge in [0.25, 0.3) is 0 Å². The maximum atomic E-state index is 9.00. The molecule has 0 bridgehead atoms. The molecule has 2 rings (SSSR count). The average Bonchev–Trinajstić information content (AvgIpc) is 2.59. The Morgan fingerprint density at radius 2 is 2.17 bits per heavy atom. The highest BCUT2D eigenvalue weighted by atomic mass is 79.9. The fraction of sp³-hybridized carbons (Fsp3) is 0.615. The van der Waals surface area contributed by atoms with Crippen LogP contribution in [0.1, 0.15) is 12.0 Å². The van der Waals surface area contributed by atoms with Crippen LogP contribution in [-0.4, -0.2) is 54.3 Å². The van der Waals surface area contributed by atoms with Crippen LogP contribution in [-0.2, 0) is 0 Å². The molecule has 0 unspecified atom stereocenters. The molecule has 1 fully saturated rings. The summed E-state index contributed by atoms with van der Waals surface area (Å²) in [6, 6.07) is 2.02. The van der Waals surface area contributed by atoms with Crippen molar-refractivity contribution in [2.75, 3.05) is 44.2 Å². The minimum absolute atomic E-state index is 0.242. The van der Waals surface area contributed by atoms with Crippen molar-refractivity contribution in [1.82, 2.24) is 9.88 Å². The zero-order chi connectivity index (χ0) is 13.0. The van der Waals surface area contributed by atoms with Crippen LogP contribution in [0, 0.1) is 6.92 Å². The number of aliphatic hydroxyl groups excluding tert-OH is 1. The maximum absolute atomic E-state index is 9.00. The van der Waals surface area contributed by atoms with E-state index in [0.717, 1.165) is 49.4 Å². The first kappa shape index (κ1) is 13.8. The molecule has 1 aliphatic heterocycles. The Balaban J connectivity index is 2.07. The van der Waals surface area contributed by atoms with Crippen molar-refractivity contribution in [3.63, 3.8) is 0 Å². The molecule has 4 nitrogen and oxygen atoms in total. The lowest BCUT2D eigenvalue weighted by atomic mass is 10.3. The van der Waals surface area contributed by atoms with Gasteiger partial charge in [-0.1, -0.05) is 0 Å². The molecular formula is C13H20BrN3O. The summed E-state index contributed by atoms with van der Waals surface area (Å²) < 4.78 is 1.10. The second-order valence-corrected chi connectivity index (χ2v) is 5.46. The monoisotopic (exact) mass is 313 g/mol. The third-order valence-electron chi connectivity index (χ3n) is 3.37. The van der Waals surface area contributed by atoms with Gasteiger partial charge in [0.2, 0.25) is 0 Å². The first-order chi connectivity index (χ1) is 8.72. The van der Waals surface area contributed by atoms with Gasteiger partial charge in [0.05, 0.1) is 11.1 Å². The SMILES string of the molecule is Cc1ccnc(N2CCCN(CCO)CC2)c1Br. The quantitative estimate of drug-likeness (QED) is 0.921. The van der Waals surface area contributed by atoms with Gasteiger partial charge in [-0.3, -0.25) is 4.90 Å². The summed E-state index contributed by atoms with van der Waals surface area (Å²) >= 11 is 3.63.